The monoisotopic (exact) mass is 173 g/mol. The predicted molar refractivity (Wildman–Crippen MR) is 43.6 cm³/mol. The summed E-state index contributed by atoms with van der Waals surface area (Å²) in [4.78, 5) is 11.0. The van der Waals surface area contributed by atoms with Gasteiger partial charge in [-0.15, -0.1) is 0 Å². The molecule has 1 unspecified atom stereocenters. The van der Waals surface area contributed by atoms with Crippen molar-refractivity contribution in [1.82, 2.24) is 0 Å². The third-order valence-electron chi connectivity index (χ3n) is 1.82. The fourth-order valence-corrected chi connectivity index (χ4v) is 1.07. The van der Waals surface area contributed by atoms with Gasteiger partial charge in [0.05, 0.1) is 13.2 Å². The lowest BCUT2D eigenvalue weighted by molar-refractivity contribution is -0.154. The molecule has 0 aromatic rings. The largest absolute Gasteiger partial charge is 0.461 e. The van der Waals surface area contributed by atoms with E-state index in [0.29, 0.717) is 13.2 Å². The van der Waals surface area contributed by atoms with Gasteiger partial charge in [-0.3, -0.25) is 4.79 Å². The van der Waals surface area contributed by atoms with Crippen molar-refractivity contribution in [2.24, 2.45) is 5.73 Å². The minimum Gasteiger partial charge on any atom is -0.461 e. The van der Waals surface area contributed by atoms with Crippen LogP contribution in [-0.2, 0) is 14.3 Å². The quantitative estimate of drug-likeness (QED) is 0.600. The minimum absolute atomic E-state index is 0.0113. The number of carbonyl (C=O) groups excluding carboxylic acids is 1. The summed E-state index contributed by atoms with van der Waals surface area (Å²) < 4.78 is 10.2. The molecule has 4 heteroatoms. The van der Waals surface area contributed by atoms with Crippen LogP contribution >= 0.6 is 0 Å². The molecule has 0 radical (unpaired) electrons. The molecule has 0 aromatic carbocycles. The highest BCUT2D eigenvalue weighted by molar-refractivity contribution is 5.75. The van der Waals surface area contributed by atoms with Gasteiger partial charge in [0.2, 0.25) is 0 Å². The van der Waals surface area contributed by atoms with Crippen LogP contribution in [0.15, 0.2) is 0 Å². The van der Waals surface area contributed by atoms with E-state index in [1.54, 1.807) is 6.92 Å². The Bertz CT molecular complexity index is 152. The zero-order valence-corrected chi connectivity index (χ0v) is 7.29. The summed E-state index contributed by atoms with van der Waals surface area (Å²) in [7, 11) is 0. The molecule has 0 spiro atoms. The van der Waals surface area contributed by atoms with Crippen molar-refractivity contribution in [3.63, 3.8) is 0 Å². The summed E-state index contributed by atoms with van der Waals surface area (Å²) in [5, 5.41) is 0. The maximum absolute atomic E-state index is 11.0. The average Bonchev–Trinajstić information content (AvgIpc) is 2.06. The Hall–Kier alpha value is -0.610. The predicted octanol–water partition coefficient (Wildman–Crippen LogP) is 0.0558. The number of esters is 1. The first-order chi connectivity index (χ1) is 5.70. The van der Waals surface area contributed by atoms with E-state index in [1.165, 1.54) is 0 Å². The second-order valence-corrected chi connectivity index (χ2v) is 3.04. The van der Waals surface area contributed by atoms with Gasteiger partial charge in [-0.2, -0.15) is 0 Å². The second kappa shape index (κ2) is 4.42. The molecule has 0 amide bonds. The van der Waals surface area contributed by atoms with E-state index < -0.39 is 6.04 Å². The fourth-order valence-electron chi connectivity index (χ4n) is 1.07. The van der Waals surface area contributed by atoms with E-state index in [1.807, 2.05) is 0 Å². The van der Waals surface area contributed by atoms with Crippen LogP contribution in [0.2, 0.25) is 0 Å². The highest BCUT2D eigenvalue weighted by Crippen LogP contribution is 2.10. The first kappa shape index (κ1) is 9.48. The van der Waals surface area contributed by atoms with Gasteiger partial charge in [-0.1, -0.05) is 0 Å². The van der Waals surface area contributed by atoms with Crippen molar-refractivity contribution in [1.29, 1.82) is 0 Å². The molecule has 1 aliphatic rings. The number of carbonyl (C=O) groups is 1. The molecular formula is C8H15NO3. The standard InChI is InChI=1S/C8H15NO3/c1-6(9)8(10)12-7-2-4-11-5-3-7/h6-7H,2-5,9H2,1H3. The minimum atomic E-state index is -0.521. The molecule has 1 heterocycles. The Morgan fingerprint density at radius 3 is 2.67 bits per heavy atom. The van der Waals surface area contributed by atoms with Crippen LogP contribution in [-0.4, -0.2) is 31.3 Å². The van der Waals surface area contributed by atoms with Crippen molar-refractivity contribution in [2.75, 3.05) is 13.2 Å². The molecule has 4 nitrogen and oxygen atoms in total. The molecule has 0 aromatic heterocycles. The van der Waals surface area contributed by atoms with Crippen LogP contribution in [0.25, 0.3) is 0 Å². The maximum atomic E-state index is 11.0. The average molecular weight is 173 g/mol. The van der Waals surface area contributed by atoms with Crippen molar-refractivity contribution < 1.29 is 14.3 Å². The third kappa shape index (κ3) is 2.79. The van der Waals surface area contributed by atoms with Crippen LogP contribution in [0.4, 0.5) is 0 Å². The molecule has 0 bridgehead atoms. The Morgan fingerprint density at radius 1 is 1.58 bits per heavy atom. The number of hydrogen-bond acceptors (Lipinski definition) is 4. The van der Waals surface area contributed by atoms with E-state index in [4.69, 9.17) is 15.2 Å². The Kier molecular flexibility index (Phi) is 3.49. The van der Waals surface area contributed by atoms with Gasteiger partial charge in [-0.25, -0.2) is 0 Å². The lowest BCUT2D eigenvalue weighted by Gasteiger charge is -2.22. The third-order valence-corrected chi connectivity index (χ3v) is 1.82. The zero-order chi connectivity index (χ0) is 8.97. The van der Waals surface area contributed by atoms with Gasteiger partial charge >= 0.3 is 5.97 Å². The molecule has 70 valence electrons. The van der Waals surface area contributed by atoms with Crippen LogP contribution in [0.5, 0.6) is 0 Å². The molecule has 1 fully saturated rings. The van der Waals surface area contributed by atoms with E-state index in [0.717, 1.165) is 12.8 Å². The summed E-state index contributed by atoms with van der Waals surface area (Å²) in [6.45, 7) is 2.98. The van der Waals surface area contributed by atoms with Gasteiger partial charge in [-0.05, 0) is 6.92 Å². The molecule has 1 saturated heterocycles. The molecule has 1 rings (SSSR count). The Balaban J connectivity index is 2.24. The summed E-state index contributed by atoms with van der Waals surface area (Å²) in [6, 6.07) is -0.521. The molecule has 1 aliphatic heterocycles. The lowest BCUT2D eigenvalue weighted by atomic mass is 10.1. The van der Waals surface area contributed by atoms with Gasteiger partial charge in [0, 0.05) is 12.8 Å². The van der Waals surface area contributed by atoms with Crippen LogP contribution in [0, 0.1) is 0 Å². The molecule has 2 N–H and O–H groups in total. The highest BCUT2D eigenvalue weighted by atomic mass is 16.6. The molecule has 0 aliphatic carbocycles. The maximum Gasteiger partial charge on any atom is 0.322 e. The first-order valence-electron chi connectivity index (χ1n) is 4.24. The topological polar surface area (TPSA) is 61.6 Å². The number of hydrogen-bond donors (Lipinski definition) is 1. The summed E-state index contributed by atoms with van der Waals surface area (Å²) >= 11 is 0. The van der Waals surface area contributed by atoms with Crippen molar-refractivity contribution in [3.05, 3.63) is 0 Å². The van der Waals surface area contributed by atoms with E-state index in [2.05, 4.69) is 0 Å². The Labute approximate surface area is 72.0 Å². The van der Waals surface area contributed by atoms with Crippen molar-refractivity contribution in [2.45, 2.75) is 31.9 Å². The van der Waals surface area contributed by atoms with E-state index >= 15 is 0 Å². The van der Waals surface area contributed by atoms with Crippen LogP contribution < -0.4 is 5.73 Å². The van der Waals surface area contributed by atoms with E-state index in [-0.39, 0.29) is 12.1 Å². The summed E-state index contributed by atoms with van der Waals surface area (Å²) in [6.07, 6.45) is 1.59. The molecule has 0 saturated carbocycles. The SMILES string of the molecule is CC(N)C(=O)OC1CCOCC1. The van der Waals surface area contributed by atoms with Gasteiger partial charge in [0.1, 0.15) is 12.1 Å². The van der Waals surface area contributed by atoms with Crippen LogP contribution in [0.3, 0.4) is 0 Å². The number of rotatable bonds is 2. The van der Waals surface area contributed by atoms with Crippen LogP contribution in [0.1, 0.15) is 19.8 Å². The number of nitrogens with two attached hydrogens (primary N) is 1. The fraction of sp³-hybridized carbons (Fsp3) is 0.875. The van der Waals surface area contributed by atoms with E-state index in [9.17, 15) is 4.79 Å². The summed E-state index contributed by atoms with van der Waals surface area (Å²) in [5.74, 6) is -0.318. The lowest BCUT2D eigenvalue weighted by Crippen LogP contribution is -2.34. The molecule has 12 heavy (non-hydrogen) atoms. The highest BCUT2D eigenvalue weighted by Gasteiger charge is 2.19. The number of ether oxygens (including phenoxy) is 2. The molecule has 1 atom stereocenters. The molecular weight excluding hydrogens is 158 g/mol. The summed E-state index contributed by atoms with van der Waals surface area (Å²) in [5.41, 5.74) is 5.35. The zero-order valence-electron chi connectivity index (χ0n) is 7.29. The van der Waals surface area contributed by atoms with Gasteiger partial charge in [0.15, 0.2) is 0 Å². The van der Waals surface area contributed by atoms with Crippen molar-refractivity contribution >= 4 is 5.97 Å². The second-order valence-electron chi connectivity index (χ2n) is 3.04. The normalized spacial score (nSPS) is 21.8. The van der Waals surface area contributed by atoms with Gasteiger partial charge in [0.25, 0.3) is 0 Å². The van der Waals surface area contributed by atoms with Crippen molar-refractivity contribution in [3.8, 4) is 0 Å². The Morgan fingerprint density at radius 2 is 2.17 bits per heavy atom. The van der Waals surface area contributed by atoms with Gasteiger partial charge < -0.3 is 15.2 Å². The first-order valence-corrected chi connectivity index (χ1v) is 4.24. The smallest absolute Gasteiger partial charge is 0.322 e.